The topological polar surface area (TPSA) is 0 Å². The van der Waals surface area contributed by atoms with E-state index in [2.05, 4.69) is 124 Å². The van der Waals surface area contributed by atoms with E-state index in [-0.39, 0.29) is 28.6 Å². The minimum absolute atomic E-state index is 0. The van der Waals surface area contributed by atoms with Gasteiger partial charge in [-0.25, -0.2) is 0 Å². The third-order valence-electron chi connectivity index (χ3n) is 5.23. The van der Waals surface area contributed by atoms with Gasteiger partial charge in [0.2, 0.25) is 0 Å². The van der Waals surface area contributed by atoms with Gasteiger partial charge < -0.3 is 0 Å². The molecule has 0 heterocycles. The standard InChI is InChI=1S/2C13H9.2C3H9Si.2ClH.H3Si.Zr/c2*1-3-7-12-10(5-1)9-11-6-2-4-8-13(11)12;2*1-4(2)3;;;;/h2*1-5,7-8H,9H2;2*1-3H3;2*1H;1H3;/q2*-1;;;;;;+4/p-2. The van der Waals surface area contributed by atoms with Gasteiger partial charge in [0.05, 0.1) is 0 Å². The Bertz CT molecular complexity index is 1040. The van der Waals surface area contributed by atoms with Crippen LogP contribution >= 0.6 is 17.0 Å². The van der Waals surface area contributed by atoms with Crippen molar-refractivity contribution in [1.82, 2.24) is 0 Å². The number of fused-ring (bicyclic) bond motifs is 6. The molecule has 0 bridgehead atoms. The molecule has 0 saturated heterocycles. The van der Waals surface area contributed by atoms with E-state index in [4.69, 9.17) is 17.0 Å². The fourth-order valence-electron chi connectivity index (χ4n) is 4.00. The monoisotopic (exact) mass is 667 g/mol. The Morgan fingerprint density at radius 3 is 1.18 bits per heavy atom. The Morgan fingerprint density at radius 1 is 0.553 bits per heavy atom. The SMILES string of the molecule is C[Si](C)C.C[Si](C)C.[Cl][Zr+2][Cl].[SiH3].[c-]1cccc2c1Cc1ccccc1-2.[c-]1cccc2c1Cc1ccccc1-2. The van der Waals surface area contributed by atoms with E-state index in [9.17, 15) is 0 Å². The largest absolute Gasteiger partial charge is 0.179 e. The molecule has 4 aromatic rings. The second-order valence-corrected chi connectivity index (χ2v) is 19.6. The molecule has 197 valence electrons. The van der Waals surface area contributed by atoms with Gasteiger partial charge >= 0.3 is 37.9 Å². The molecule has 0 atom stereocenters. The zero-order valence-electron chi connectivity index (χ0n) is 23.8. The molecule has 38 heavy (non-hydrogen) atoms. The molecular weight excluding hydrogens is 631 g/mol. The second kappa shape index (κ2) is 19.1. The molecule has 3 radical (unpaired) electrons. The van der Waals surface area contributed by atoms with Crippen LogP contribution in [0.2, 0.25) is 39.3 Å². The van der Waals surface area contributed by atoms with Crippen molar-refractivity contribution >= 4 is 45.6 Å². The molecule has 2 aliphatic carbocycles. The summed E-state index contributed by atoms with van der Waals surface area (Å²) < 4.78 is 0. The van der Waals surface area contributed by atoms with Crippen molar-refractivity contribution in [3.05, 3.63) is 119 Å². The van der Waals surface area contributed by atoms with Crippen LogP contribution in [-0.2, 0) is 33.7 Å². The van der Waals surface area contributed by atoms with Gasteiger partial charge in [0, 0.05) is 17.6 Å². The van der Waals surface area contributed by atoms with Crippen LogP contribution in [0.3, 0.4) is 0 Å². The molecule has 6 heteroatoms. The molecule has 0 aromatic heterocycles. The zero-order chi connectivity index (χ0) is 27.2. The first-order chi connectivity index (χ1) is 17.8. The zero-order valence-corrected chi connectivity index (χ0v) is 31.7. The van der Waals surface area contributed by atoms with Crippen LogP contribution in [0.25, 0.3) is 22.3 Å². The molecular formula is C32H39Cl2Si3Zr. The summed E-state index contributed by atoms with van der Waals surface area (Å²) in [6.07, 6.45) is 2.10. The first-order valence-corrected chi connectivity index (χ1v) is 24.8. The minimum atomic E-state index is -0.826. The van der Waals surface area contributed by atoms with Crippen molar-refractivity contribution < 1.29 is 20.8 Å². The first kappa shape index (κ1) is 35.0. The van der Waals surface area contributed by atoms with Gasteiger partial charge in [0.25, 0.3) is 0 Å². The van der Waals surface area contributed by atoms with E-state index >= 15 is 0 Å². The summed E-state index contributed by atoms with van der Waals surface area (Å²) in [7, 11) is 10.1. The molecule has 0 aliphatic heterocycles. The second-order valence-electron chi connectivity index (χ2n) is 9.86. The first-order valence-electron chi connectivity index (χ1n) is 12.4. The van der Waals surface area contributed by atoms with Crippen molar-refractivity contribution in [3.63, 3.8) is 0 Å². The van der Waals surface area contributed by atoms with E-state index < -0.39 is 20.8 Å². The Hall–Kier alpha value is -1.01. The van der Waals surface area contributed by atoms with Crippen molar-refractivity contribution in [1.29, 1.82) is 0 Å². The van der Waals surface area contributed by atoms with E-state index in [1.807, 2.05) is 12.1 Å². The average Bonchev–Trinajstić information content (AvgIpc) is 3.43. The van der Waals surface area contributed by atoms with Gasteiger partial charge in [0.15, 0.2) is 0 Å². The van der Waals surface area contributed by atoms with Gasteiger partial charge in [-0.1, -0.05) is 110 Å². The number of benzene rings is 4. The molecule has 0 nitrogen and oxygen atoms in total. The van der Waals surface area contributed by atoms with Crippen LogP contribution in [0.4, 0.5) is 0 Å². The maximum atomic E-state index is 4.93. The van der Waals surface area contributed by atoms with Crippen LogP contribution in [0.15, 0.2) is 84.9 Å². The van der Waals surface area contributed by atoms with Gasteiger partial charge in [-0.15, -0.1) is 11.1 Å². The molecule has 0 spiro atoms. The molecule has 0 unspecified atom stereocenters. The smallest absolute Gasteiger partial charge is 0.0125 e. The predicted octanol–water partition coefficient (Wildman–Crippen LogP) is 9.05. The maximum absolute atomic E-state index is 4.93. The number of rotatable bonds is 0. The normalized spacial score (nSPS) is 10.6. The molecule has 4 aromatic carbocycles. The quantitative estimate of drug-likeness (QED) is 0.112. The van der Waals surface area contributed by atoms with Gasteiger partial charge in [0.1, 0.15) is 0 Å². The number of hydrogen-bond donors (Lipinski definition) is 0. The Balaban J connectivity index is 0.000000272. The predicted molar refractivity (Wildman–Crippen MR) is 175 cm³/mol. The van der Waals surface area contributed by atoms with Crippen molar-refractivity contribution in [2.45, 2.75) is 52.1 Å². The number of hydrogen-bond acceptors (Lipinski definition) is 0. The third-order valence-corrected chi connectivity index (χ3v) is 5.23. The fraction of sp³-hybridized carbons (Fsp3) is 0.250. The van der Waals surface area contributed by atoms with Crippen molar-refractivity contribution in [2.24, 2.45) is 0 Å². The molecule has 0 fully saturated rings. The molecule has 0 N–H and O–H groups in total. The summed E-state index contributed by atoms with van der Waals surface area (Å²) in [4.78, 5) is 0. The fourth-order valence-corrected chi connectivity index (χ4v) is 4.00. The van der Waals surface area contributed by atoms with Gasteiger partial charge in [-0.05, 0) is 23.8 Å². The summed E-state index contributed by atoms with van der Waals surface area (Å²) in [6, 6.07) is 36.2. The Morgan fingerprint density at radius 2 is 0.842 bits per heavy atom. The third kappa shape index (κ3) is 11.6. The summed E-state index contributed by atoms with van der Waals surface area (Å²) in [5.74, 6) is 0. The molecule has 2 aliphatic rings. The summed E-state index contributed by atoms with van der Waals surface area (Å²) >= 11 is -0.826. The summed E-state index contributed by atoms with van der Waals surface area (Å²) in [5.41, 5.74) is 11.0. The van der Waals surface area contributed by atoms with Crippen molar-refractivity contribution in [2.75, 3.05) is 0 Å². The molecule has 0 amide bonds. The van der Waals surface area contributed by atoms with Crippen LogP contribution < -0.4 is 0 Å². The van der Waals surface area contributed by atoms with E-state index in [0.717, 1.165) is 12.8 Å². The van der Waals surface area contributed by atoms with Crippen molar-refractivity contribution in [3.8, 4) is 22.3 Å². The summed E-state index contributed by atoms with van der Waals surface area (Å²) in [6.45, 7) is 13.6. The van der Waals surface area contributed by atoms with Crippen LogP contribution in [0.1, 0.15) is 22.3 Å². The van der Waals surface area contributed by atoms with Gasteiger partial charge in [-0.2, -0.15) is 59.7 Å². The maximum Gasteiger partial charge on any atom is -0.0125 e. The van der Waals surface area contributed by atoms with E-state index in [0.29, 0.717) is 0 Å². The van der Waals surface area contributed by atoms with Gasteiger partial charge in [-0.3, -0.25) is 0 Å². The molecule has 0 saturated carbocycles. The summed E-state index contributed by atoms with van der Waals surface area (Å²) in [5, 5.41) is 0. The van der Waals surface area contributed by atoms with Crippen LogP contribution in [0.5, 0.6) is 0 Å². The Labute approximate surface area is 258 Å². The average molecular weight is 670 g/mol. The van der Waals surface area contributed by atoms with E-state index in [1.165, 1.54) is 44.5 Å². The number of halogens is 2. The molecule has 6 rings (SSSR count). The van der Waals surface area contributed by atoms with E-state index in [1.54, 1.807) is 0 Å². The Kier molecular flexibility index (Phi) is 17.6. The minimum Gasteiger partial charge on any atom is -0.179 e. The van der Waals surface area contributed by atoms with Crippen LogP contribution in [0, 0.1) is 12.1 Å². The van der Waals surface area contributed by atoms with Crippen LogP contribution in [-0.4, -0.2) is 28.6 Å².